The zero-order valence-electron chi connectivity index (χ0n) is 30.5. The fourth-order valence-corrected chi connectivity index (χ4v) is 16.1. The Kier molecular flexibility index (Phi) is 13.3. The van der Waals surface area contributed by atoms with Crippen LogP contribution in [0.1, 0.15) is 110 Å². The van der Waals surface area contributed by atoms with E-state index in [2.05, 4.69) is 41.5 Å². The molecule has 2 aliphatic rings. The molecule has 2 fully saturated rings. The van der Waals surface area contributed by atoms with Crippen molar-refractivity contribution in [1.29, 1.82) is 0 Å². The van der Waals surface area contributed by atoms with E-state index in [9.17, 15) is 13.2 Å². The van der Waals surface area contributed by atoms with Crippen molar-refractivity contribution in [2.24, 2.45) is 5.41 Å². The predicted molar refractivity (Wildman–Crippen MR) is 203 cm³/mol. The zero-order chi connectivity index (χ0) is 36.3. The van der Waals surface area contributed by atoms with Crippen LogP contribution in [0.25, 0.3) is 0 Å². The normalized spacial score (nSPS) is 22.8. The minimum absolute atomic E-state index is 0.0440. The predicted octanol–water partition coefficient (Wildman–Crippen LogP) is 9.41. The smallest absolute Gasteiger partial charge is 0.230 e. The Hall–Kier alpha value is -1.75. The van der Waals surface area contributed by atoms with Gasteiger partial charge in [-0.1, -0.05) is 95.9 Å². The molecule has 0 bridgehead atoms. The van der Waals surface area contributed by atoms with Crippen molar-refractivity contribution in [3.05, 3.63) is 69.7 Å². The lowest BCUT2D eigenvalue weighted by Gasteiger charge is -2.53. The summed E-state index contributed by atoms with van der Waals surface area (Å²) in [5.41, 5.74) is 1.92. The maximum atomic E-state index is 15.4. The van der Waals surface area contributed by atoms with E-state index >= 15 is 4.79 Å². The fraction of sp³-hybridized carbons (Fsp3) is 0.632. The monoisotopic (exact) mass is 750 g/mol. The minimum Gasteiger partial charge on any atom is -0.416 e. The first-order valence-electron chi connectivity index (χ1n) is 17.9. The average molecular weight is 752 g/mol. The van der Waals surface area contributed by atoms with E-state index in [0.29, 0.717) is 65.4 Å². The zero-order valence-corrected chi connectivity index (χ0v) is 33.8. The molecule has 1 saturated heterocycles. The lowest BCUT2D eigenvalue weighted by atomic mass is 9.65. The number of aldehydes is 1. The Balaban J connectivity index is 1.87. The topological polar surface area (TPSA) is 84.0 Å². The van der Waals surface area contributed by atoms with Gasteiger partial charge in [-0.05, 0) is 84.1 Å². The van der Waals surface area contributed by atoms with Crippen LogP contribution in [0.15, 0.2) is 48.5 Å². The van der Waals surface area contributed by atoms with Gasteiger partial charge in [0.05, 0.1) is 16.7 Å². The largest absolute Gasteiger partial charge is 0.416 e. The number of piperidine rings is 1. The quantitative estimate of drug-likeness (QED) is 0.119. The first kappa shape index (κ1) is 40.0. The average Bonchev–Trinajstić information content (AvgIpc) is 3.90. The van der Waals surface area contributed by atoms with Crippen LogP contribution < -0.4 is 0 Å². The van der Waals surface area contributed by atoms with E-state index in [-0.39, 0.29) is 30.0 Å². The second kappa shape index (κ2) is 16.3. The van der Waals surface area contributed by atoms with Crippen molar-refractivity contribution in [2.75, 3.05) is 20.2 Å². The summed E-state index contributed by atoms with van der Waals surface area (Å²) in [6.45, 7) is 16.0. The number of benzene rings is 2. The third-order valence-corrected chi connectivity index (χ3v) is 20.2. The second-order valence-corrected chi connectivity index (χ2v) is 23.9. The summed E-state index contributed by atoms with van der Waals surface area (Å²) in [5, 5.41) is 0.806. The Morgan fingerprint density at radius 2 is 1.59 bits per heavy atom. The van der Waals surface area contributed by atoms with Gasteiger partial charge >= 0.3 is 0 Å². The highest BCUT2D eigenvalue weighted by atomic mass is 35.5. The van der Waals surface area contributed by atoms with E-state index in [0.717, 1.165) is 17.4 Å². The number of sulfonamides is 1. The first-order valence-corrected chi connectivity index (χ1v) is 22.3. The number of nitrogens with zero attached hydrogens (tertiary/aromatic N) is 2. The summed E-state index contributed by atoms with van der Waals surface area (Å²) in [6.07, 6.45) is 3.57. The maximum Gasteiger partial charge on any atom is 0.230 e. The van der Waals surface area contributed by atoms with Gasteiger partial charge in [-0.15, -0.1) is 0 Å². The van der Waals surface area contributed by atoms with Gasteiger partial charge in [0.1, 0.15) is 6.29 Å². The summed E-state index contributed by atoms with van der Waals surface area (Å²) < 4.78 is 35.2. The molecule has 0 N–H and O–H groups in total. The number of amides is 1. The molecule has 1 aliphatic carbocycles. The van der Waals surface area contributed by atoms with Gasteiger partial charge in [0, 0.05) is 48.6 Å². The standard InChI is InChI=1S/C38H56Cl2N2O5SSi/c1-9-33(25-41(8)48(45,46)34-17-18-34)42-36(29-13-15-31(39)16-14-29)35(30-11-10-12-32(40)23-30)24-38(19-21-43,37(42)44)20-22-47-49(26(2)3,27(4)5)28(6)7/h10-16,21,23,26-28,33-36H,9,17-20,22,24-25H2,1-8H3/t33-,35?,36-,38+/m1/s1. The molecule has 2 aromatic carbocycles. The highest BCUT2D eigenvalue weighted by Gasteiger charge is 2.54. The van der Waals surface area contributed by atoms with Crippen molar-refractivity contribution in [1.82, 2.24) is 9.21 Å². The highest BCUT2D eigenvalue weighted by molar-refractivity contribution is 7.90. The van der Waals surface area contributed by atoms with Crippen molar-refractivity contribution >= 4 is 53.7 Å². The van der Waals surface area contributed by atoms with Gasteiger partial charge in [0.15, 0.2) is 8.32 Å². The number of carbonyl (C=O) groups excluding carboxylic acids is 2. The molecular formula is C38H56Cl2N2O5SSi. The lowest BCUT2D eigenvalue weighted by molar-refractivity contribution is -0.159. The van der Waals surface area contributed by atoms with E-state index in [1.165, 1.54) is 4.31 Å². The molecule has 49 heavy (non-hydrogen) atoms. The molecule has 1 unspecified atom stereocenters. The van der Waals surface area contributed by atoms with Gasteiger partial charge in [-0.3, -0.25) is 4.79 Å². The van der Waals surface area contributed by atoms with Gasteiger partial charge in [-0.25, -0.2) is 12.7 Å². The van der Waals surface area contributed by atoms with Crippen molar-refractivity contribution in [2.45, 2.75) is 127 Å². The van der Waals surface area contributed by atoms with Crippen LogP contribution in [0.3, 0.4) is 0 Å². The third-order valence-electron chi connectivity index (χ3n) is 11.3. The fourth-order valence-electron chi connectivity index (χ4n) is 8.70. The number of likely N-dealkylation sites (tertiary alicyclic amines) is 1. The van der Waals surface area contributed by atoms with Crippen LogP contribution in [0.4, 0.5) is 0 Å². The number of rotatable bonds is 17. The van der Waals surface area contributed by atoms with Crippen molar-refractivity contribution in [3.63, 3.8) is 0 Å². The lowest BCUT2D eigenvalue weighted by Crippen LogP contribution is -2.59. The molecule has 2 aromatic rings. The summed E-state index contributed by atoms with van der Waals surface area (Å²) in [5.74, 6) is -0.365. The van der Waals surface area contributed by atoms with Crippen LogP contribution in [0.5, 0.6) is 0 Å². The van der Waals surface area contributed by atoms with Crippen LogP contribution in [-0.4, -0.2) is 69.6 Å². The Morgan fingerprint density at radius 3 is 2.10 bits per heavy atom. The highest BCUT2D eigenvalue weighted by Crippen LogP contribution is 2.54. The SMILES string of the molecule is CC[C@H](CN(C)S(=O)(=O)C1CC1)N1C(=O)[C@@](CC=O)(CCO[Si](C(C)C)(C(C)C)C(C)C)CC(c2cccc(Cl)c2)[C@H]1c1ccc(Cl)cc1. The molecule has 0 radical (unpaired) electrons. The number of carbonyl (C=O) groups is 2. The van der Waals surface area contributed by atoms with Crippen molar-refractivity contribution < 1.29 is 22.4 Å². The molecule has 4 rings (SSSR count). The Labute approximate surface area is 306 Å². The summed E-state index contributed by atoms with van der Waals surface area (Å²) in [7, 11) is -4.13. The number of hydrogen-bond acceptors (Lipinski definition) is 5. The van der Waals surface area contributed by atoms with Crippen LogP contribution in [0.2, 0.25) is 26.7 Å². The molecule has 272 valence electrons. The van der Waals surface area contributed by atoms with Gasteiger partial charge in [0.2, 0.25) is 15.9 Å². The molecule has 7 nitrogen and oxygen atoms in total. The molecule has 1 heterocycles. The molecule has 1 amide bonds. The number of hydrogen-bond donors (Lipinski definition) is 0. The second-order valence-electron chi connectivity index (χ2n) is 15.2. The summed E-state index contributed by atoms with van der Waals surface area (Å²) >= 11 is 13.0. The molecule has 11 heteroatoms. The van der Waals surface area contributed by atoms with Crippen LogP contribution >= 0.6 is 23.2 Å². The third kappa shape index (κ3) is 8.33. The van der Waals surface area contributed by atoms with E-state index < -0.39 is 35.8 Å². The van der Waals surface area contributed by atoms with Gasteiger partial charge in [0.25, 0.3) is 0 Å². The van der Waals surface area contributed by atoms with Gasteiger partial charge in [-0.2, -0.15) is 0 Å². The van der Waals surface area contributed by atoms with Crippen LogP contribution in [0, 0.1) is 5.41 Å². The van der Waals surface area contributed by atoms with E-state index in [4.69, 9.17) is 27.6 Å². The Morgan fingerprint density at radius 1 is 0.980 bits per heavy atom. The number of halogens is 2. The molecular weight excluding hydrogens is 695 g/mol. The maximum absolute atomic E-state index is 15.4. The first-order chi connectivity index (χ1) is 23.0. The molecule has 4 atom stereocenters. The van der Waals surface area contributed by atoms with E-state index in [1.54, 1.807) is 7.05 Å². The number of likely N-dealkylation sites (N-methyl/N-ethyl adjacent to an activating group) is 1. The molecule has 0 aromatic heterocycles. The van der Waals surface area contributed by atoms with Gasteiger partial charge < -0.3 is 14.1 Å². The van der Waals surface area contributed by atoms with Crippen LogP contribution in [-0.2, 0) is 24.0 Å². The summed E-state index contributed by atoms with van der Waals surface area (Å²) in [4.78, 5) is 29.9. The molecule has 1 saturated carbocycles. The minimum atomic E-state index is -3.49. The summed E-state index contributed by atoms with van der Waals surface area (Å²) in [6, 6.07) is 14.4. The molecule has 1 aliphatic heterocycles. The molecule has 0 spiro atoms. The van der Waals surface area contributed by atoms with Crippen molar-refractivity contribution in [3.8, 4) is 0 Å². The van der Waals surface area contributed by atoms with E-state index in [1.807, 2.05) is 60.4 Å². The Bertz CT molecular complexity index is 1530.